The fraction of sp³-hybridized carbons (Fsp3) is 0.333. The molecule has 152 valence electrons. The molecule has 0 saturated carbocycles. The van der Waals surface area contributed by atoms with Crippen molar-refractivity contribution in [3.8, 4) is 5.75 Å². The average molecular weight is 393 g/mol. The van der Waals surface area contributed by atoms with E-state index in [2.05, 4.69) is 5.32 Å². The molecule has 2 aromatic rings. The normalized spacial score (nSPS) is 24.2. The molecule has 0 heterocycles. The number of ether oxygens (including phenoxy) is 1. The molecule has 0 spiro atoms. The molecule has 2 N–H and O–H groups in total. The highest BCUT2D eigenvalue weighted by atomic mass is 16.5. The second-order valence-electron chi connectivity index (χ2n) is 7.81. The highest BCUT2D eigenvalue weighted by Crippen LogP contribution is 2.47. The summed E-state index contributed by atoms with van der Waals surface area (Å²) in [6.45, 7) is 4.66. The maximum atomic E-state index is 12.8. The smallest absolute Gasteiger partial charge is 0.158 e. The summed E-state index contributed by atoms with van der Waals surface area (Å²) in [5.74, 6) is -0.741. The number of hydrogen-bond donors (Lipinski definition) is 2. The number of nitrogens with one attached hydrogen (secondary N) is 1. The topological polar surface area (TPSA) is 75.6 Å². The molecule has 29 heavy (non-hydrogen) atoms. The monoisotopic (exact) mass is 393 g/mol. The number of rotatable bonds is 6. The number of Topliss-reactive ketones (excluding diaryl/α,β-unsaturated/α-hetero) is 2. The number of methoxy groups -OCH3 is 1. The molecule has 0 aromatic heterocycles. The Kier molecular flexibility index (Phi) is 5.89. The average Bonchev–Trinajstić information content (AvgIpc) is 2.67. The summed E-state index contributed by atoms with van der Waals surface area (Å²) in [4.78, 5) is 25.3. The van der Waals surface area contributed by atoms with Gasteiger partial charge >= 0.3 is 0 Å². The van der Waals surface area contributed by atoms with Crippen LogP contribution in [0.3, 0.4) is 0 Å². The molecule has 5 heteroatoms. The Labute approximate surface area is 171 Å². The minimum atomic E-state index is -1.29. The number of hydrogen-bond acceptors (Lipinski definition) is 5. The minimum Gasteiger partial charge on any atom is -0.497 e. The molecule has 2 aromatic carbocycles. The maximum absolute atomic E-state index is 12.8. The summed E-state index contributed by atoms with van der Waals surface area (Å²) in [5, 5.41) is 14.6. The van der Waals surface area contributed by atoms with Gasteiger partial charge in [0.25, 0.3) is 0 Å². The van der Waals surface area contributed by atoms with E-state index in [1.165, 1.54) is 13.8 Å². The summed E-state index contributed by atoms with van der Waals surface area (Å²) in [7, 11) is 1.60. The highest BCUT2D eigenvalue weighted by molar-refractivity contribution is 5.98. The van der Waals surface area contributed by atoms with Crippen LogP contribution in [-0.2, 0) is 9.59 Å². The third kappa shape index (κ3) is 4.25. The Hall–Kier alpha value is -2.92. The molecule has 3 atom stereocenters. The van der Waals surface area contributed by atoms with Gasteiger partial charge in [0.15, 0.2) is 5.78 Å². The van der Waals surface area contributed by atoms with Gasteiger partial charge in [-0.05, 0) is 50.6 Å². The van der Waals surface area contributed by atoms with Crippen molar-refractivity contribution in [1.82, 2.24) is 0 Å². The number of anilines is 1. The van der Waals surface area contributed by atoms with E-state index in [0.29, 0.717) is 11.3 Å². The molecular formula is C24H27NO4. The van der Waals surface area contributed by atoms with Gasteiger partial charge in [0.2, 0.25) is 0 Å². The number of allylic oxidation sites excluding steroid dienone is 1. The van der Waals surface area contributed by atoms with Crippen LogP contribution in [0.2, 0.25) is 0 Å². The Morgan fingerprint density at radius 2 is 1.69 bits per heavy atom. The Bertz CT molecular complexity index is 929. The molecule has 0 radical (unpaired) electrons. The van der Waals surface area contributed by atoms with Gasteiger partial charge in [-0.25, -0.2) is 0 Å². The van der Waals surface area contributed by atoms with Gasteiger partial charge in [-0.15, -0.1) is 0 Å². The summed E-state index contributed by atoms with van der Waals surface area (Å²) >= 11 is 0. The van der Waals surface area contributed by atoms with Crippen molar-refractivity contribution in [2.45, 2.75) is 38.7 Å². The number of benzene rings is 2. The zero-order valence-electron chi connectivity index (χ0n) is 17.2. The van der Waals surface area contributed by atoms with Crippen LogP contribution in [0.1, 0.15) is 38.7 Å². The van der Waals surface area contributed by atoms with E-state index in [-0.39, 0.29) is 18.0 Å². The summed E-state index contributed by atoms with van der Waals surface area (Å²) in [6, 6.07) is 16.8. The number of carbonyl (C=O) groups is 2. The lowest BCUT2D eigenvalue weighted by Gasteiger charge is -2.43. The fourth-order valence-corrected chi connectivity index (χ4v) is 4.36. The van der Waals surface area contributed by atoms with E-state index < -0.39 is 17.4 Å². The van der Waals surface area contributed by atoms with E-state index in [4.69, 9.17) is 4.74 Å². The van der Waals surface area contributed by atoms with Gasteiger partial charge in [0, 0.05) is 29.3 Å². The van der Waals surface area contributed by atoms with Crippen LogP contribution >= 0.6 is 0 Å². The van der Waals surface area contributed by atoms with Crippen molar-refractivity contribution in [3.63, 3.8) is 0 Å². The van der Waals surface area contributed by atoms with Crippen LogP contribution in [0.5, 0.6) is 5.75 Å². The lowest BCUT2D eigenvalue weighted by atomic mass is 9.64. The van der Waals surface area contributed by atoms with Gasteiger partial charge in [-0.2, -0.15) is 0 Å². The van der Waals surface area contributed by atoms with Crippen LogP contribution < -0.4 is 10.1 Å². The van der Waals surface area contributed by atoms with Crippen LogP contribution in [-0.4, -0.2) is 29.4 Å². The molecule has 5 nitrogen and oxygen atoms in total. The lowest BCUT2D eigenvalue weighted by Crippen LogP contribution is -2.48. The number of carbonyl (C=O) groups excluding carboxylic acids is 2. The van der Waals surface area contributed by atoms with Crippen LogP contribution in [0, 0.1) is 5.92 Å². The second-order valence-corrected chi connectivity index (χ2v) is 7.81. The third-order valence-corrected chi connectivity index (χ3v) is 5.54. The number of aliphatic hydroxyl groups is 1. The minimum absolute atomic E-state index is 0.114. The van der Waals surface area contributed by atoms with Gasteiger partial charge in [-0.3, -0.25) is 9.59 Å². The first-order valence-electron chi connectivity index (χ1n) is 9.67. The molecule has 1 aliphatic carbocycles. The molecule has 0 aliphatic heterocycles. The largest absolute Gasteiger partial charge is 0.497 e. The quantitative estimate of drug-likeness (QED) is 0.773. The number of ketones is 2. The molecule has 0 saturated heterocycles. The zero-order chi connectivity index (χ0) is 21.2. The first-order valence-corrected chi connectivity index (χ1v) is 9.67. The van der Waals surface area contributed by atoms with Gasteiger partial charge in [-0.1, -0.05) is 30.3 Å². The molecule has 3 rings (SSSR count). The Morgan fingerprint density at radius 1 is 1.07 bits per heavy atom. The molecule has 0 amide bonds. The van der Waals surface area contributed by atoms with Crippen molar-refractivity contribution >= 4 is 17.3 Å². The van der Waals surface area contributed by atoms with Crippen molar-refractivity contribution in [2.75, 3.05) is 12.4 Å². The summed E-state index contributed by atoms with van der Waals surface area (Å²) < 4.78 is 5.20. The van der Waals surface area contributed by atoms with Gasteiger partial charge in [0.05, 0.1) is 18.6 Å². The summed E-state index contributed by atoms with van der Waals surface area (Å²) in [5.41, 5.74) is 1.51. The molecule has 0 bridgehead atoms. The maximum Gasteiger partial charge on any atom is 0.158 e. The lowest BCUT2D eigenvalue weighted by molar-refractivity contribution is -0.131. The first-order chi connectivity index (χ1) is 13.7. The van der Waals surface area contributed by atoms with Gasteiger partial charge < -0.3 is 15.2 Å². The predicted octanol–water partition coefficient (Wildman–Crippen LogP) is 4.09. The standard InChI is InChI=1S/C24H27NO4/c1-15(26)21-20(25-18-10-12-19(29-4)13-11-18)14-24(3,28)23(16(2)27)22(21)17-8-6-5-7-9-17/h5-13,22-23,25,28H,14H2,1-4H3/t22-,23-,24+/m1/s1. The van der Waals surface area contributed by atoms with Crippen molar-refractivity contribution < 1.29 is 19.4 Å². The van der Waals surface area contributed by atoms with Crippen molar-refractivity contribution in [3.05, 3.63) is 71.4 Å². The van der Waals surface area contributed by atoms with Crippen LogP contribution in [0.25, 0.3) is 0 Å². The van der Waals surface area contributed by atoms with Crippen LogP contribution in [0.4, 0.5) is 5.69 Å². The van der Waals surface area contributed by atoms with E-state index in [0.717, 1.165) is 17.0 Å². The Morgan fingerprint density at radius 3 is 2.21 bits per heavy atom. The first kappa shape index (κ1) is 20.8. The SMILES string of the molecule is COc1ccc(NC2=C(C(C)=O)[C@@H](c3ccccc3)[C@@H](C(C)=O)[C@@](C)(O)C2)cc1. The van der Waals surface area contributed by atoms with E-state index in [1.807, 2.05) is 54.6 Å². The predicted molar refractivity (Wildman–Crippen MR) is 113 cm³/mol. The third-order valence-electron chi connectivity index (χ3n) is 5.54. The van der Waals surface area contributed by atoms with E-state index in [9.17, 15) is 14.7 Å². The summed E-state index contributed by atoms with van der Waals surface area (Å²) in [6.07, 6.45) is 0.182. The van der Waals surface area contributed by atoms with Crippen molar-refractivity contribution in [1.29, 1.82) is 0 Å². The zero-order valence-corrected chi connectivity index (χ0v) is 17.2. The highest BCUT2D eigenvalue weighted by Gasteiger charge is 2.49. The van der Waals surface area contributed by atoms with E-state index >= 15 is 0 Å². The molecule has 0 fully saturated rings. The molecular weight excluding hydrogens is 366 g/mol. The van der Waals surface area contributed by atoms with Crippen molar-refractivity contribution in [2.24, 2.45) is 5.92 Å². The van der Waals surface area contributed by atoms with Crippen LogP contribution in [0.15, 0.2) is 65.9 Å². The molecule has 0 unspecified atom stereocenters. The second kappa shape index (κ2) is 8.21. The fourth-order valence-electron chi connectivity index (χ4n) is 4.36. The van der Waals surface area contributed by atoms with Gasteiger partial charge in [0.1, 0.15) is 11.5 Å². The van der Waals surface area contributed by atoms with E-state index in [1.54, 1.807) is 14.0 Å². The Balaban J connectivity index is 2.15. The molecule has 1 aliphatic rings.